The summed E-state index contributed by atoms with van der Waals surface area (Å²) in [4.78, 5) is 18.9. The van der Waals surface area contributed by atoms with Crippen LogP contribution in [0.15, 0.2) is 12.0 Å². The molecule has 0 aliphatic rings. The Balaban J connectivity index is 3.85. The number of hydrogen-bond donors (Lipinski definition) is 0. The van der Waals surface area contributed by atoms with Gasteiger partial charge in [0, 0.05) is 6.08 Å². The van der Waals surface area contributed by atoms with Crippen molar-refractivity contribution in [2.75, 3.05) is 6.61 Å². The van der Waals surface area contributed by atoms with Gasteiger partial charge in [-0.25, -0.2) is 0 Å². The predicted molar refractivity (Wildman–Crippen MR) is 32.8 cm³/mol. The number of nitro groups is 1. The molecule has 0 atom stereocenters. The third kappa shape index (κ3) is 2.81. The third-order valence-corrected chi connectivity index (χ3v) is 0.726. The van der Waals surface area contributed by atoms with Crippen LogP contribution in [0.3, 0.4) is 0 Å². The highest BCUT2D eigenvalue weighted by Crippen LogP contribution is 1.95. The first-order chi connectivity index (χ1) is 4.72. The number of ether oxygens (including phenoxy) is 1. The van der Waals surface area contributed by atoms with Gasteiger partial charge in [-0.3, -0.25) is 14.9 Å². The zero-order chi connectivity index (χ0) is 7.98. The maximum absolute atomic E-state index is 9.93. The van der Waals surface area contributed by atoms with Gasteiger partial charge in [0.1, 0.15) is 11.5 Å². The number of rotatable bonds is 4. The monoisotopic (exact) mass is 145 g/mol. The lowest BCUT2D eigenvalue weighted by atomic mass is 10.6. The molecule has 0 amide bonds. The Morgan fingerprint density at radius 2 is 2.40 bits per heavy atom. The largest absolute Gasteiger partial charge is 0.433 e. The van der Waals surface area contributed by atoms with Crippen molar-refractivity contribution < 1.29 is 14.5 Å². The number of carbonyl (C=O) groups excluding carboxylic acids is 1. The fourth-order valence-electron chi connectivity index (χ4n) is 0.361. The van der Waals surface area contributed by atoms with Gasteiger partial charge in [0.05, 0.1) is 0 Å². The van der Waals surface area contributed by atoms with Crippen LogP contribution in [0, 0.1) is 10.1 Å². The van der Waals surface area contributed by atoms with Crippen LogP contribution in [0.2, 0.25) is 0 Å². The molecule has 10 heavy (non-hydrogen) atoms. The maximum atomic E-state index is 9.93. The second kappa shape index (κ2) is 4.49. The van der Waals surface area contributed by atoms with E-state index in [-0.39, 0.29) is 6.61 Å². The van der Waals surface area contributed by atoms with Crippen molar-refractivity contribution in [1.29, 1.82) is 0 Å². The summed E-state index contributed by atoms with van der Waals surface area (Å²) in [5.41, 5.74) is 0. The van der Waals surface area contributed by atoms with Crippen LogP contribution in [0.4, 0.5) is 0 Å². The minimum absolute atomic E-state index is 0.277. The lowest BCUT2D eigenvalue weighted by Gasteiger charge is -1.94. The summed E-state index contributed by atoms with van der Waals surface area (Å²) >= 11 is 0. The second-order valence-corrected chi connectivity index (χ2v) is 1.36. The van der Waals surface area contributed by atoms with Crippen LogP contribution in [-0.2, 0) is 9.53 Å². The number of nitrogens with zero attached hydrogens (tertiary/aromatic N) is 1. The molecular formula is C5H7NO4. The average Bonchev–Trinajstić information content (AvgIpc) is 1.89. The van der Waals surface area contributed by atoms with Crippen molar-refractivity contribution >= 4 is 6.29 Å². The van der Waals surface area contributed by atoms with Gasteiger partial charge < -0.3 is 4.74 Å². The normalized spacial score (nSPS) is 10.7. The van der Waals surface area contributed by atoms with Crippen molar-refractivity contribution in [3.8, 4) is 0 Å². The molecular weight excluding hydrogens is 138 g/mol. The van der Waals surface area contributed by atoms with Gasteiger partial charge in [-0.1, -0.05) is 0 Å². The molecule has 0 N–H and O–H groups in total. The molecule has 0 heterocycles. The third-order valence-electron chi connectivity index (χ3n) is 0.726. The van der Waals surface area contributed by atoms with Gasteiger partial charge >= 0.3 is 5.88 Å². The second-order valence-electron chi connectivity index (χ2n) is 1.36. The lowest BCUT2D eigenvalue weighted by molar-refractivity contribution is -0.462. The number of carbonyl (C=O) groups is 1. The Kier molecular flexibility index (Phi) is 3.86. The summed E-state index contributed by atoms with van der Waals surface area (Å²) in [6.07, 6.45) is 1.64. The highest BCUT2D eigenvalue weighted by atomic mass is 16.7. The maximum Gasteiger partial charge on any atom is 0.424 e. The van der Waals surface area contributed by atoms with Crippen LogP contribution in [0.25, 0.3) is 0 Å². The van der Waals surface area contributed by atoms with Crippen LogP contribution < -0.4 is 0 Å². The lowest BCUT2D eigenvalue weighted by Crippen LogP contribution is -2.04. The van der Waals surface area contributed by atoms with Gasteiger partial charge in [-0.15, -0.1) is 0 Å². The Labute approximate surface area is 57.4 Å². The van der Waals surface area contributed by atoms with Gasteiger partial charge in [0.2, 0.25) is 0 Å². The smallest absolute Gasteiger partial charge is 0.424 e. The summed E-state index contributed by atoms with van der Waals surface area (Å²) in [5.74, 6) is -0.396. The highest BCUT2D eigenvalue weighted by molar-refractivity contribution is 5.50. The van der Waals surface area contributed by atoms with Crippen molar-refractivity contribution in [2.45, 2.75) is 6.92 Å². The minimum atomic E-state index is -0.691. The summed E-state index contributed by atoms with van der Waals surface area (Å²) in [5, 5.41) is 9.93. The van der Waals surface area contributed by atoms with E-state index in [1.54, 1.807) is 0 Å². The molecule has 0 radical (unpaired) electrons. The quantitative estimate of drug-likeness (QED) is 0.247. The zero-order valence-corrected chi connectivity index (χ0v) is 5.44. The number of aldehydes is 1. The van der Waals surface area contributed by atoms with Crippen LogP contribution in [0.1, 0.15) is 6.92 Å². The van der Waals surface area contributed by atoms with E-state index in [0.717, 1.165) is 0 Å². The fraction of sp³-hybridized carbons (Fsp3) is 0.400. The number of allylic oxidation sites excluding steroid dienone is 1. The Morgan fingerprint density at radius 1 is 1.80 bits per heavy atom. The van der Waals surface area contributed by atoms with Crippen molar-refractivity contribution in [2.24, 2.45) is 0 Å². The summed E-state index contributed by atoms with van der Waals surface area (Å²) in [6, 6.07) is 0. The fourth-order valence-corrected chi connectivity index (χ4v) is 0.361. The Hall–Kier alpha value is -1.39. The molecule has 0 fully saturated rings. The SMILES string of the molecule is C/C=C(\OCC=O)[N+](=O)[O-]. The molecule has 0 bridgehead atoms. The molecule has 5 nitrogen and oxygen atoms in total. The van der Waals surface area contributed by atoms with Crippen molar-refractivity contribution in [3.05, 3.63) is 22.1 Å². The van der Waals surface area contributed by atoms with Crippen molar-refractivity contribution in [1.82, 2.24) is 0 Å². The van der Waals surface area contributed by atoms with Gasteiger partial charge in [-0.2, -0.15) is 0 Å². The van der Waals surface area contributed by atoms with E-state index in [1.807, 2.05) is 0 Å². The predicted octanol–water partition coefficient (Wildman–Crippen LogP) is 0.340. The first-order valence-corrected chi connectivity index (χ1v) is 2.59. The molecule has 0 spiro atoms. The molecule has 0 aromatic rings. The van der Waals surface area contributed by atoms with E-state index >= 15 is 0 Å². The van der Waals surface area contributed by atoms with E-state index < -0.39 is 10.8 Å². The summed E-state index contributed by atoms with van der Waals surface area (Å²) in [6.45, 7) is 1.18. The molecule has 0 aromatic heterocycles. The van der Waals surface area contributed by atoms with Crippen molar-refractivity contribution in [3.63, 3.8) is 0 Å². The van der Waals surface area contributed by atoms with Gasteiger partial charge in [0.25, 0.3) is 0 Å². The number of hydrogen-bond acceptors (Lipinski definition) is 4. The van der Waals surface area contributed by atoms with Gasteiger partial charge in [-0.05, 0) is 6.92 Å². The van der Waals surface area contributed by atoms with E-state index in [1.165, 1.54) is 13.0 Å². The molecule has 0 aliphatic heterocycles. The molecule has 0 saturated heterocycles. The average molecular weight is 145 g/mol. The molecule has 0 aromatic carbocycles. The van der Waals surface area contributed by atoms with E-state index in [0.29, 0.717) is 6.29 Å². The summed E-state index contributed by atoms with van der Waals surface area (Å²) in [7, 11) is 0. The van der Waals surface area contributed by atoms with Crippen LogP contribution in [-0.4, -0.2) is 17.8 Å². The van der Waals surface area contributed by atoms with Gasteiger partial charge in [0.15, 0.2) is 6.29 Å². The van der Waals surface area contributed by atoms with E-state index in [4.69, 9.17) is 0 Å². The molecule has 56 valence electrons. The molecule has 0 unspecified atom stereocenters. The minimum Gasteiger partial charge on any atom is -0.433 e. The van der Waals surface area contributed by atoms with E-state index in [2.05, 4.69) is 4.74 Å². The van der Waals surface area contributed by atoms with E-state index in [9.17, 15) is 14.9 Å². The van der Waals surface area contributed by atoms with Crippen LogP contribution in [0.5, 0.6) is 0 Å². The van der Waals surface area contributed by atoms with Crippen LogP contribution >= 0.6 is 0 Å². The molecule has 0 rings (SSSR count). The molecule has 0 saturated carbocycles. The Bertz CT molecular complexity index is 163. The topological polar surface area (TPSA) is 69.4 Å². The highest BCUT2D eigenvalue weighted by Gasteiger charge is 2.07. The Morgan fingerprint density at radius 3 is 2.70 bits per heavy atom. The zero-order valence-electron chi connectivity index (χ0n) is 5.44. The summed E-state index contributed by atoms with van der Waals surface area (Å²) < 4.78 is 4.40. The molecule has 0 aliphatic carbocycles. The molecule has 5 heteroatoms. The first kappa shape index (κ1) is 8.61. The standard InChI is InChI=1S/C5H7NO4/c1-2-5(6(8)9)10-4-3-7/h2-3H,4H2,1H3/b5-2-. The first-order valence-electron chi connectivity index (χ1n) is 2.59.